The average molecular weight is 1940 g/mol. The minimum absolute atomic E-state index is 0.00710. The lowest BCUT2D eigenvalue weighted by Gasteiger charge is -2.51. The number of ether oxygens (including phenoxy) is 8. The van der Waals surface area contributed by atoms with Gasteiger partial charge in [0.1, 0.15) is 28.7 Å². The van der Waals surface area contributed by atoms with Crippen molar-refractivity contribution in [3.05, 3.63) is 96.9 Å². The molecule has 23 nitrogen and oxygen atoms in total. The van der Waals surface area contributed by atoms with E-state index in [1.807, 2.05) is 144 Å². The van der Waals surface area contributed by atoms with Crippen LogP contribution in [0.1, 0.15) is 352 Å². The monoisotopic (exact) mass is 1940 g/mol. The molecule has 0 atom stereocenters. The Labute approximate surface area is 841 Å². The maximum atomic E-state index is 13.0. The van der Waals surface area contributed by atoms with Gasteiger partial charge < -0.3 is 72.3 Å². The molecule has 0 spiro atoms. The van der Waals surface area contributed by atoms with Gasteiger partial charge in [-0.15, -0.1) is 0 Å². The van der Waals surface area contributed by atoms with E-state index < -0.39 is 11.5 Å². The molecule has 4 aromatic heterocycles. The van der Waals surface area contributed by atoms with E-state index in [4.69, 9.17) is 37.9 Å². The highest BCUT2D eigenvalue weighted by molar-refractivity contribution is 5.18. The van der Waals surface area contributed by atoms with Crippen molar-refractivity contribution in [2.24, 2.45) is 18.4 Å². The van der Waals surface area contributed by atoms with Gasteiger partial charge in [0, 0.05) is 151 Å². The van der Waals surface area contributed by atoms with Gasteiger partial charge in [0.25, 0.3) is 0 Å². The molecule has 4 aromatic rings. The third-order valence-electron chi connectivity index (χ3n) is 22.8. The number of pyridine rings is 1. The first kappa shape index (κ1) is 131. The Morgan fingerprint density at radius 3 is 1.20 bits per heavy atom. The summed E-state index contributed by atoms with van der Waals surface area (Å²) in [4.78, 5) is 39.7. The smallest absolute Gasteiger partial charge is 0.159 e. The normalized spacial score (nSPS) is 17.6. The number of piperidine rings is 2. The summed E-state index contributed by atoms with van der Waals surface area (Å²) in [5, 5.41) is 3.71. The number of aromatic nitrogens is 6. The molecule has 0 radical (unpaired) electrons. The van der Waals surface area contributed by atoms with Crippen LogP contribution in [0.25, 0.3) is 0 Å². The summed E-state index contributed by atoms with van der Waals surface area (Å²) in [5.74, 6) is 2.89. The summed E-state index contributed by atoms with van der Waals surface area (Å²) in [6, 6.07) is 12.9. The highest BCUT2D eigenvalue weighted by Crippen LogP contribution is 2.35. The van der Waals surface area contributed by atoms with Crippen LogP contribution in [0.15, 0.2) is 73.7 Å². The number of alkyl halides is 1. The second-order valence-electron chi connectivity index (χ2n) is 49.8. The lowest BCUT2D eigenvalue weighted by molar-refractivity contribution is -0.101. The molecule has 0 aromatic carbocycles. The standard InChI is InChI=1S/C12H24N2.C11H17NO.C11H23NO.C10H15FN2O.C10H20FNO.C10H16N2O.C10H21NO.C10H23NO.C10H21N.C9H20N2.C9H15NO/c1-12(2,3)13-10-6-8-14(9-7-10)11-4-5-11;1-11(2,3)13-9-7-10-6-4-5-8-12-10;1-11(2,3)13-10-9-12-7-5-4-6-8-12;1-10(2,3)14-5-4-9-12-6-8(11)7-13-9;1-9(2,3)13-6-5-12-7-10(4,11)8-12;1-10(2,3)13-8-5-9-11-6-4-7-12-9;1-10(2,3)12-9-8-11-6-4-5-7-11;1-6-11(7-2)8-9-12-10(3,4)5;1-8(2)11-6-9(7-11)10(3,4)5;1-8(2)10-6-11(7-10)9(3,4)5;1-9(2,3)11-8-5-6-10(4)7-8/h10-11,13H,4-9H2,1-3H3;4-6,8H,7,9H2,1-3H3;4-10H2,1-3H3;6-7H,4-5H2,1-3H3;5-8H2,1-4H3;4,6-7H,5,8H2,1-3H3;4-9H2,1-3H3;6-9H2,1-5H3;8-9H,6-7H2,1-5H3;8H,6-7H2,1-5H3;5-7H,1-4H3. The molecule has 1 saturated carbocycles. The van der Waals surface area contributed by atoms with E-state index in [-0.39, 0.29) is 50.3 Å². The van der Waals surface area contributed by atoms with Gasteiger partial charge in [-0.25, -0.2) is 28.7 Å². The van der Waals surface area contributed by atoms with E-state index in [1.165, 1.54) is 123 Å². The first-order chi connectivity index (χ1) is 62.9. The second-order valence-corrected chi connectivity index (χ2v) is 49.8. The summed E-state index contributed by atoms with van der Waals surface area (Å²) in [7, 11) is 1.98. The Morgan fingerprint density at radius 1 is 0.453 bits per heavy atom. The van der Waals surface area contributed by atoms with Crippen molar-refractivity contribution >= 4 is 0 Å². The first-order valence-electron chi connectivity index (χ1n) is 52.6. The lowest BCUT2D eigenvalue weighted by Crippen LogP contribution is -2.63. The number of aryl methyl sites for hydroxylation is 1. The van der Waals surface area contributed by atoms with E-state index >= 15 is 0 Å². The van der Waals surface area contributed by atoms with Crippen molar-refractivity contribution in [3.8, 4) is 5.75 Å². The number of hydrogen-bond donors (Lipinski definition) is 1. The van der Waals surface area contributed by atoms with Crippen LogP contribution in [-0.4, -0.2) is 319 Å². The van der Waals surface area contributed by atoms with Gasteiger partial charge in [0.05, 0.1) is 111 Å². The van der Waals surface area contributed by atoms with Crippen molar-refractivity contribution in [2.75, 3.05) is 164 Å². The zero-order valence-corrected chi connectivity index (χ0v) is 96.3. The fourth-order valence-electron chi connectivity index (χ4n) is 14.5. The van der Waals surface area contributed by atoms with Crippen LogP contribution < -0.4 is 10.1 Å². The molecule has 0 bridgehead atoms. The summed E-state index contributed by atoms with van der Waals surface area (Å²) >= 11 is 0. The van der Waals surface area contributed by atoms with Crippen molar-refractivity contribution in [1.82, 2.24) is 74.0 Å². The van der Waals surface area contributed by atoms with Crippen LogP contribution in [-0.2, 0) is 59.5 Å². The highest BCUT2D eigenvalue weighted by atomic mass is 19.1. The van der Waals surface area contributed by atoms with Crippen molar-refractivity contribution in [1.29, 1.82) is 0 Å². The quantitative estimate of drug-likeness (QED) is 0.0566. The number of hydrogen-bond acceptors (Lipinski definition) is 22. The molecule has 6 saturated heterocycles. The minimum atomic E-state index is -0.957. The summed E-state index contributed by atoms with van der Waals surface area (Å²) in [6.07, 6.45) is 26.3. The Kier molecular flexibility index (Phi) is 60.8. The Hall–Kier alpha value is -4.39. The van der Waals surface area contributed by atoms with Crippen LogP contribution in [0.5, 0.6) is 5.75 Å². The van der Waals surface area contributed by atoms with Crippen molar-refractivity contribution in [2.45, 2.75) is 440 Å². The van der Waals surface area contributed by atoms with Crippen LogP contribution >= 0.6 is 0 Å². The fraction of sp³-hybridized carbons (Fsp3) is 0.848. The number of rotatable bonds is 28. The average Bonchev–Trinajstić information content (AvgIpc) is 1.69. The van der Waals surface area contributed by atoms with Crippen LogP contribution in [0.4, 0.5) is 8.78 Å². The Bertz CT molecular complexity index is 3460. The van der Waals surface area contributed by atoms with Crippen LogP contribution in [0.3, 0.4) is 0 Å². The number of likely N-dealkylation sites (N-methyl/N-ethyl adjacent to an activating group) is 1. The zero-order chi connectivity index (χ0) is 105. The van der Waals surface area contributed by atoms with Crippen molar-refractivity contribution in [3.63, 3.8) is 0 Å². The van der Waals surface area contributed by atoms with Gasteiger partial charge in [-0.1, -0.05) is 47.1 Å². The molecule has 0 unspecified atom stereocenters. The topological polar surface area (TPSA) is 181 Å². The lowest BCUT2D eigenvalue weighted by atomic mass is 9.75. The van der Waals surface area contributed by atoms with Gasteiger partial charge in [0.15, 0.2) is 5.82 Å². The summed E-state index contributed by atoms with van der Waals surface area (Å²) < 4.78 is 72.2. The van der Waals surface area contributed by atoms with Gasteiger partial charge in [0.2, 0.25) is 0 Å². The number of nitrogens with zero attached hydrogens (tertiary/aromatic N) is 14. The van der Waals surface area contributed by atoms with Crippen LogP contribution in [0, 0.1) is 17.2 Å². The van der Waals surface area contributed by atoms with E-state index in [2.05, 4.69) is 256 Å². The maximum absolute atomic E-state index is 13.0. The molecule has 11 rings (SSSR count). The molecule has 7 aliphatic rings. The van der Waals surface area contributed by atoms with Gasteiger partial charge >= 0.3 is 0 Å². The Balaban J connectivity index is 0.000000754. The molecule has 25 heteroatoms. The summed E-state index contributed by atoms with van der Waals surface area (Å²) in [6.45, 7) is 110. The summed E-state index contributed by atoms with van der Waals surface area (Å²) in [5.41, 5.74) is 0.898. The third kappa shape index (κ3) is 75.1. The second kappa shape index (κ2) is 63.8. The van der Waals surface area contributed by atoms with Crippen LogP contribution in [0.2, 0.25) is 0 Å². The molecule has 7 fully saturated rings. The molecule has 10 heterocycles. The molecule has 1 N–H and O–H groups in total. The number of likely N-dealkylation sites (tertiary alicyclic amines) is 5. The van der Waals surface area contributed by atoms with E-state index in [0.29, 0.717) is 62.2 Å². The minimum Gasteiger partial charge on any atom is -0.487 e. The number of nitrogens with one attached hydrogen (secondary N) is 1. The fourth-order valence-corrected chi connectivity index (χ4v) is 14.5. The molecular formula is C112H215F2N15O8. The molecule has 1 aliphatic carbocycles. The highest BCUT2D eigenvalue weighted by Gasteiger charge is 2.40. The molecule has 6 aliphatic heterocycles. The predicted octanol–water partition coefficient (Wildman–Crippen LogP) is 22.7. The molecule has 800 valence electrons. The SMILES string of the molecule is CC(C)(C)NC1CCN(C2CC2)CC1.CC(C)(C)OCCN1CCCC1.CC(C)(C)OCCN1CCCCC1.CC(C)(C)OCCc1ccccn1.CC(C)(C)OCCc1ncc(F)cn1.CC(C)(C)OCCc1ncccn1.CC(C)N1CC(C(C)(C)C)C1.CC(C)N1CN(C(C)(C)C)C1.CC1(F)CN(CCOC(C)(C)C)C1.CCN(CC)CCOC(C)(C)C.Cn1ccc(OC(C)(C)C)c1. The Morgan fingerprint density at radius 2 is 0.847 bits per heavy atom. The van der Waals surface area contributed by atoms with Crippen molar-refractivity contribution < 1.29 is 46.7 Å². The largest absolute Gasteiger partial charge is 0.487 e. The van der Waals surface area contributed by atoms with E-state index in [9.17, 15) is 8.78 Å². The van der Waals surface area contributed by atoms with Gasteiger partial charge in [-0.05, 0) is 382 Å². The first-order valence-corrected chi connectivity index (χ1v) is 52.6. The van der Waals surface area contributed by atoms with E-state index in [0.717, 1.165) is 133 Å². The maximum Gasteiger partial charge on any atom is 0.159 e. The predicted molar refractivity (Wildman–Crippen MR) is 573 cm³/mol. The number of halogens is 2. The molecule has 0 amide bonds. The molecule has 137 heavy (non-hydrogen) atoms. The molecular weight excluding hydrogens is 1720 g/mol. The van der Waals surface area contributed by atoms with Gasteiger partial charge in [-0.2, -0.15) is 0 Å². The van der Waals surface area contributed by atoms with E-state index in [1.54, 1.807) is 19.3 Å². The third-order valence-corrected chi connectivity index (χ3v) is 22.8. The van der Waals surface area contributed by atoms with Gasteiger partial charge in [-0.3, -0.25) is 19.7 Å². The zero-order valence-electron chi connectivity index (χ0n) is 96.3.